The van der Waals surface area contributed by atoms with Crippen LogP contribution in [-0.2, 0) is 0 Å². The molecule has 2 nitrogen and oxygen atoms in total. The van der Waals surface area contributed by atoms with Crippen LogP contribution in [0.5, 0.6) is 0 Å². The summed E-state index contributed by atoms with van der Waals surface area (Å²) in [6.45, 7) is 14.6. The first kappa shape index (κ1) is 23.1. The molecule has 2 heteroatoms. The number of fused-ring (bicyclic) bond motifs is 5. The average molecular weight is 419 g/mol. The molecule has 0 aromatic rings. The van der Waals surface area contributed by atoms with Gasteiger partial charge in [0, 0.05) is 6.42 Å². The van der Waals surface area contributed by atoms with Crippen molar-refractivity contribution in [2.45, 2.75) is 124 Å². The molecule has 4 rings (SSSR count). The van der Waals surface area contributed by atoms with Crippen LogP contribution in [0.15, 0.2) is 0 Å². The van der Waals surface area contributed by atoms with Gasteiger partial charge in [-0.05, 0) is 97.2 Å². The summed E-state index contributed by atoms with van der Waals surface area (Å²) in [5, 5.41) is 22.2. The van der Waals surface area contributed by atoms with Crippen LogP contribution in [0.2, 0.25) is 0 Å². The Labute approximate surface area is 186 Å². The molecule has 10 atom stereocenters. The molecule has 0 saturated heterocycles. The SMILES string of the molecule is CC(C)CCC[C@@H](C)[C@H]1CC[C@H]2[C@@H]3C[C@@H](C)[C@]4(O)C[C@@H](O)CC[C@]4(C)[C@H]3CC[C@]12C. The van der Waals surface area contributed by atoms with Crippen LogP contribution in [0.4, 0.5) is 0 Å². The number of hydrogen-bond acceptors (Lipinski definition) is 2. The van der Waals surface area contributed by atoms with Gasteiger partial charge in [0.15, 0.2) is 0 Å². The van der Waals surface area contributed by atoms with Gasteiger partial charge in [0.25, 0.3) is 0 Å². The molecule has 0 aromatic heterocycles. The van der Waals surface area contributed by atoms with Crippen LogP contribution in [-0.4, -0.2) is 21.9 Å². The monoisotopic (exact) mass is 418 g/mol. The second-order valence-corrected chi connectivity index (χ2v) is 13.3. The maximum atomic E-state index is 11.9. The van der Waals surface area contributed by atoms with Crippen LogP contribution < -0.4 is 0 Å². The third kappa shape index (κ3) is 3.42. The van der Waals surface area contributed by atoms with E-state index in [1.165, 1.54) is 51.4 Å². The molecular weight excluding hydrogens is 368 g/mol. The number of rotatable bonds is 5. The molecule has 0 aromatic carbocycles. The zero-order valence-corrected chi connectivity index (χ0v) is 20.8. The van der Waals surface area contributed by atoms with Gasteiger partial charge in [0.1, 0.15) is 0 Å². The lowest BCUT2D eigenvalue weighted by atomic mass is 9.41. The van der Waals surface area contributed by atoms with Crippen molar-refractivity contribution in [3.8, 4) is 0 Å². The number of aliphatic hydroxyl groups is 2. The number of aliphatic hydroxyl groups excluding tert-OH is 1. The van der Waals surface area contributed by atoms with Gasteiger partial charge in [-0.15, -0.1) is 0 Å². The van der Waals surface area contributed by atoms with E-state index in [1.54, 1.807) is 0 Å². The van der Waals surface area contributed by atoms with Crippen molar-refractivity contribution >= 4 is 0 Å². The maximum Gasteiger partial charge on any atom is 0.0753 e. The smallest absolute Gasteiger partial charge is 0.0753 e. The molecule has 0 bridgehead atoms. The first-order valence-electron chi connectivity index (χ1n) is 13.4. The van der Waals surface area contributed by atoms with Crippen LogP contribution in [0, 0.1) is 52.3 Å². The van der Waals surface area contributed by atoms with Gasteiger partial charge in [0.2, 0.25) is 0 Å². The lowest BCUT2D eigenvalue weighted by Gasteiger charge is -2.66. The van der Waals surface area contributed by atoms with Gasteiger partial charge in [-0.25, -0.2) is 0 Å². The highest BCUT2D eigenvalue weighted by molar-refractivity contribution is 5.16. The normalized spacial score (nSPS) is 51.9. The quantitative estimate of drug-likeness (QED) is 0.513. The number of hydrogen-bond donors (Lipinski definition) is 2. The lowest BCUT2D eigenvalue weighted by molar-refractivity contribution is -0.244. The van der Waals surface area contributed by atoms with E-state index >= 15 is 0 Å². The lowest BCUT2D eigenvalue weighted by Crippen LogP contribution is -2.66. The Kier molecular flexibility index (Phi) is 6.20. The molecule has 0 radical (unpaired) electrons. The van der Waals surface area contributed by atoms with E-state index in [0.717, 1.165) is 42.4 Å². The van der Waals surface area contributed by atoms with Gasteiger partial charge in [-0.2, -0.15) is 0 Å². The third-order valence-electron chi connectivity index (χ3n) is 11.4. The molecule has 0 aliphatic heterocycles. The van der Waals surface area contributed by atoms with Gasteiger partial charge < -0.3 is 10.2 Å². The van der Waals surface area contributed by atoms with E-state index in [0.29, 0.717) is 23.7 Å². The summed E-state index contributed by atoms with van der Waals surface area (Å²) < 4.78 is 0. The van der Waals surface area contributed by atoms with Gasteiger partial charge >= 0.3 is 0 Å². The summed E-state index contributed by atoms with van der Waals surface area (Å²) >= 11 is 0. The summed E-state index contributed by atoms with van der Waals surface area (Å²) in [6, 6.07) is 0. The largest absolute Gasteiger partial charge is 0.393 e. The van der Waals surface area contributed by atoms with E-state index in [4.69, 9.17) is 0 Å². The molecular formula is C28H50O2. The van der Waals surface area contributed by atoms with Gasteiger partial charge in [-0.3, -0.25) is 0 Å². The van der Waals surface area contributed by atoms with Crippen molar-refractivity contribution < 1.29 is 10.2 Å². The summed E-state index contributed by atoms with van der Waals surface area (Å²) in [5.41, 5.74) is -0.156. The molecule has 0 amide bonds. The minimum Gasteiger partial charge on any atom is -0.393 e. The van der Waals surface area contributed by atoms with Crippen LogP contribution in [0.3, 0.4) is 0 Å². The maximum absolute atomic E-state index is 11.9. The fourth-order valence-corrected chi connectivity index (χ4v) is 9.68. The summed E-state index contributed by atoms with van der Waals surface area (Å²) in [6.07, 6.45) is 13.1. The minimum absolute atomic E-state index is 0.00311. The summed E-state index contributed by atoms with van der Waals surface area (Å²) in [7, 11) is 0. The first-order chi connectivity index (χ1) is 14.0. The zero-order chi connectivity index (χ0) is 21.9. The minimum atomic E-state index is -0.665. The second kappa shape index (κ2) is 8.05. The van der Waals surface area contributed by atoms with Crippen molar-refractivity contribution in [1.29, 1.82) is 0 Å². The molecule has 0 heterocycles. The van der Waals surface area contributed by atoms with E-state index in [-0.39, 0.29) is 11.5 Å². The molecule has 4 saturated carbocycles. The molecule has 4 fully saturated rings. The summed E-state index contributed by atoms with van der Waals surface area (Å²) in [4.78, 5) is 0. The third-order valence-corrected chi connectivity index (χ3v) is 11.4. The fourth-order valence-electron chi connectivity index (χ4n) is 9.68. The first-order valence-corrected chi connectivity index (χ1v) is 13.4. The topological polar surface area (TPSA) is 40.5 Å². The predicted molar refractivity (Wildman–Crippen MR) is 125 cm³/mol. The highest BCUT2D eigenvalue weighted by Gasteiger charge is 2.66. The Balaban J connectivity index is 1.53. The molecule has 4 aliphatic rings. The highest BCUT2D eigenvalue weighted by atomic mass is 16.3. The van der Waals surface area contributed by atoms with Crippen molar-refractivity contribution in [2.24, 2.45) is 52.3 Å². The molecule has 174 valence electrons. The van der Waals surface area contributed by atoms with Crippen LogP contribution in [0.25, 0.3) is 0 Å². The van der Waals surface area contributed by atoms with Crippen molar-refractivity contribution in [1.82, 2.24) is 0 Å². The predicted octanol–water partition coefficient (Wildman–Crippen LogP) is 6.83. The van der Waals surface area contributed by atoms with Gasteiger partial charge in [0.05, 0.1) is 11.7 Å². The fraction of sp³-hybridized carbons (Fsp3) is 1.00. The molecule has 2 N–H and O–H groups in total. The van der Waals surface area contributed by atoms with E-state index in [2.05, 4.69) is 41.5 Å². The zero-order valence-electron chi connectivity index (χ0n) is 20.8. The van der Waals surface area contributed by atoms with Crippen molar-refractivity contribution in [3.05, 3.63) is 0 Å². The standard InChI is InChI=1S/C28H50O2/c1-18(2)8-7-9-19(3)23-10-11-24-22-16-20(4)28(30)17-21(29)12-15-27(28,6)25(22)13-14-26(23,24)5/h18-25,29-30H,7-17H2,1-6H3/t19-,20-,21+,22+,23-,24+,25+,26-,27-,28-/m1/s1. The Morgan fingerprint density at radius 3 is 2.37 bits per heavy atom. The van der Waals surface area contributed by atoms with Crippen LogP contribution in [0.1, 0.15) is 112 Å². The van der Waals surface area contributed by atoms with Gasteiger partial charge in [-0.1, -0.05) is 60.8 Å². The molecule has 0 spiro atoms. The van der Waals surface area contributed by atoms with Crippen molar-refractivity contribution in [3.63, 3.8) is 0 Å². The van der Waals surface area contributed by atoms with Crippen molar-refractivity contribution in [2.75, 3.05) is 0 Å². The molecule has 4 aliphatic carbocycles. The van der Waals surface area contributed by atoms with E-state index in [9.17, 15) is 10.2 Å². The summed E-state index contributed by atoms with van der Waals surface area (Å²) in [5.74, 6) is 5.18. The Hall–Kier alpha value is -0.0800. The second-order valence-electron chi connectivity index (χ2n) is 13.3. The Morgan fingerprint density at radius 1 is 0.933 bits per heavy atom. The Bertz CT molecular complexity index is 616. The highest BCUT2D eigenvalue weighted by Crippen LogP contribution is 2.70. The molecule has 0 unspecified atom stereocenters. The van der Waals surface area contributed by atoms with E-state index in [1.807, 2.05) is 0 Å². The molecule has 30 heavy (non-hydrogen) atoms. The van der Waals surface area contributed by atoms with Crippen LogP contribution >= 0.6 is 0 Å². The van der Waals surface area contributed by atoms with E-state index < -0.39 is 5.60 Å². The average Bonchev–Trinajstić information content (AvgIpc) is 3.01. The Morgan fingerprint density at radius 2 is 1.67 bits per heavy atom.